The molecule has 3 heterocycles. The summed E-state index contributed by atoms with van der Waals surface area (Å²) in [5, 5.41) is 23.8. The van der Waals surface area contributed by atoms with E-state index in [-0.39, 0.29) is 11.7 Å². The molecule has 1 N–H and O–H groups in total. The lowest BCUT2D eigenvalue weighted by Crippen LogP contribution is -2.13. The second-order valence-corrected chi connectivity index (χ2v) is 6.86. The number of thioether (sulfide) groups is 1. The van der Waals surface area contributed by atoms with Crippen molar-refractivity contribution in [3.8, 4) is 0 Å². The smallest absolute Gasteiger partial charge is 0.236 e. The topological polar surface area (TPSA) is 98.0 Å². The number of aryl methyl sites for hydroxylation is 1. The van der Waals surface area contributed by atoms with Crippen LogP contribution in [0.15, 0.2) is 10.7 Å². The van der Waals surface area contributed by atoms with Gasteiger partial charge in [0.05, 0.1) is 5.75 Å². The zero-order valence-corrected chi connectivity index (χ0v) is 12.8. The number of carbonyl (C=O) groups is 1. The Morgan fingerprint density at radius 1 is 1.40 bits per heavy atom. The Morgan fingerprint density at radius 3 is 3.05 bits per heavy atom. The molecule has 104 valence electrons. The van der Waals surface area contributed by atoms with E-state index in [4.69, 9.17) is 0 Å². The Kier molecular flexibility index (Phi) is 3.89. The normalized spacial score (nSPS) is 11.1. The minimum atomic E-state index is -0.125. The number of fused-ring (bicyclic) bond motifs is 1. The van der Waals surface area contributed by atoms with E-state index in [0.717, 1.165) is 15.8 Å². The van der Waals surface area contributed by atoms with Crippen molar-refractivity contribution < 1.29 is 4.79 Å². The average Bonchev–Trinajstić information content (AvgIpc) is 3.11. The van der Waals surface area contributed by atoms with Crippen LogP contribution in [0.4, 0.5) is 5.13 Å². The van der Waals surface area contributed by atoms with Crippen LogP contribution in [-0.2, 0) is 11.2 Å². The highest BCUT2D eigenvalue weighted by atomic mass is 32.2. The molecule has 20 heavy (non-hydrogen) atoms. The Labute approximate surface area is 125 Å². The van der Waals surface area contributed by atoms with Crippen LogP contribution >= 0.6 is 34.4 Å². The molecular weight excluding hydrogens is 318 g/mol. The highest BCUT2D eigenvalue weighted by Gasteiger charge is 2.11. The number of aromatic nitrogens is 6. The zero-order chi connectivity index (χ0) is 13.9. The first-order valence-corrected chi connectivity index (χ1v) is 8.28. The van der Waals surface area contributed by atoms with Crippen LogP contribution in [0, 0.1) is 0 Å². The molecule has 0 aliphatic carbocycles. The fourth-order valence-corrected chi connectivity index (χ4v) is 3.69. The van der Waals surface area contributed by atoms with Crippen molar-refractivity contribution in [1.29, 1.82) is 0 Å². The molecule has 0 spiro atoms. The van der Waals surface area contributed by atoms with Crippen molar-refractivity contribution in [2.75, 3.05) is 11.1 Å². The van der Waals surface area contributed by atoms with Gasteiger partial charge >= 0.3 is 0 Å². The lowest BCUT2D eigenvalue weighted by atomic mass is 10.5. The quantitative estimate of drug-likeness (QED) is 0.706. The number of nitrogens with one attached hydrogen (secondary N) is 1. The Morgan fingerprint density at radius 2 is 2.30 bits per heavy atom. The number of anilines is 1. The summed E-state index contributed by atoms with van der Waals surface area (Å²) in [4.78, 5) is 12.5. The van der Waals surface area contributed by atoms with E-state index < -0.39 is 0 Å². The third kappa shape index (κ3) is 2.94. The molecule has 8 nitrogen and oxygen atoms in total. The van der Waals surface area contributed by atoms with Crippen molar-refractivity contribution in [3.63, 3.8) is 0 Å². The summed E-state index contributed by atoms with van der Waals surface area (Å²) in [5.74, 6) is 0.144. The van der Waals surface area contributed by atoms with Gasteiger partial charge in [-0.15, -0.1) is 25.5 Å². The van der Waals surface area contributed by atoms with Gasteiger partial charge in [0, 0.05) is 0 Å². The van der Waals surface area contributed by atoms with Gasteiger partial charge in [0.25, 0.3) is 0 Å². The SMILES string of the molecule is CCc1nnc(NC(=O)CSc2nn3cnnc3s2)s1. The molecule has 0 aliphatic rings. The fourth-order valence-electron chi connectivity index (χ4n) is 1.33. The molecular formula is C9H9N7OS3. The van der Waals surface area contributed by atoms with Crippen LogP contribution in [-0.4, -0.2) is 41.7 Å². The van der Waals surface area contributed by atoms with Crippen molar-refractivity contribution in [1.82, 2.24) is 30.0 Å². The van der Waals surface area contributed by atoms with Crippen LogP contribution in [0.5, 0.6) is 0 Å². The second kappa shape index (κ2) is 5.81. The van der Waals surface area contributed by atoms with Crippen molar-refractivity contribution >= 4 is 50.4 Å². The maximum Gasteiger partial charge on any atom is 0.236 e. The monoisotopic (exact) mass is 327 g/mol. The number of hydrogen-bond donors (Lipinski definition) is 1. The third-order valence-electron chi connectivity index (χ3n) is 2.21. The Balaban J connectivity index is 1.55. The summed E-state index contributed by atoms with van der Waals surface area (Å²) in [7, 11) is 0. The van der Waals surface area contributed by atoms with Crippen LogP contribution in [0.1, 0.15) is 11.9 Å². The van der Waals surface area contributed by atoms with Crippen LogP contribution in [0.3, 0.4) is 0 Å². The summed E-state index contributed by atoms with van der Waals surface area (Å²) < 4.78 is 2.36. The van der Waals surface area contributed by atoms with E-state index in [1.807, 2.05) is 6.92 Å². The molecule has 0 radical (unpaired) electrons. The lowest BCUT2D eigenvalue weighted by molar-refractivity contribution is -0.113. The van der Waals surface area contributed by atoms with Crippen LogP contribution in [0.2, 0.25) is 0 Å². The van der Waals surface area contributed by atoms with Gasteiger partial charge in [-0.2, -0.15) is 4.52 Å². The van der Waals surface area contributed by atoms with Gasteiger partial charge in [-0.3, -0.25) is 10.1 Å². The first-order valence-electron chi connectivity index (χ1n) is 5.66. The van der Waals surface area contributed by atoms with Crippen molar-refractivity contribution in [2.45, 2.75) is 17.7 Å². The molecule has 11 heteroatoms. The molecule has 0 atom stereocenters. The number of carbonyl (C=O) groups excluding carboxylic acids is 1. The number of hydrogen-bond acceptors (Lipinski definition) is 9. The molecule has 0 unspecified atom stereocenters. The molecule has 0 aliphatic heterocycles. The highest BCUT2D eigenvalue weighted by Crippen LogP contribution is 2.24. The third-order valence-corrected chi connectivity index (χ3v) is 5.24. The molecule has 0 saturated heterocycles. The first-order chi connectivity index (χ1) is 9.74. The molecule has 0 saturated carbocycles. The van der Waals surface area contributed by atoms with Gasteiger partial charge in [0.2, 0.25) is 16.0 Å². The summed E-state index contributed by atoms with van der Waals surface area (Å²) in [6, 6.07) is 0. The van der Waals surface area contributed by atoms with E-state index >= 15 is 0 Å². The predicted octanol–water partition coefficient (Wildman–Crippen LogP) is 1.33. The molecule has 3 rings (SSSR count). The maximum absolute atomic E-state index is 11.8. The number of amides is 1. The maximum atomic E-state index is 11.8. The summed E-state index contributed by atoms with van der Waals surface area (Å²) in [6.45, 7) is 2.00. The Bertz CT molecular complexity index is 704. The van der Waals surface area contributed by atoms with E-state index in [1.54, 1.807) is 4.52 Å². The minimum absolute atomic E-state index is 0.125. The van der Waals surface area contributed by atoms with Crippen LogP contribution in [0.25, 0.3) is 4.96 Å². The molecule has 3 aromatic rings. The molecule has 0 bridgehead atoms. The first kappa shape index (κ1) is 13.4. The van der Waals surface area contributed by atoms with Gasteiger partial charge in [-0.25, -0.2) is 0 Å². The van der Waals surface area contributed by atoms with Gasteiger partial charge in [0.15, 0.2) is 4.34 Å². The molecule has 3 aromatic heterocycles. The van der Waals surface area contributed by atoms with Crippen LogP contribution < -0.4 is 5.32 Å². The fraction of sp³-hybridized carbons (Fsp3) is 0.333. The summed E-state index contributed by atoms with van der Waals surface area (Å²) >= 11 is 4.14. The Hall–Kier alpha value is -1.59. The van der Waals surface area contributed by atoms with Crippen molar-refractivity contribution in [2.24, 2.45) is 0 Å². The van der Waals surface area contributed by atoms with E-state index in [9.17, 15) is 4.79 Å². The predicted molar refractivity (Wildman–Crippen MR) is 77.3 cm³/mol. The zero-order valence-electron chi connectivity index (χ0n) is 10.3. The van der Waals surface area contributed by atoms with Crippen molar-refractivity contribution in [3.05, 3.63) is 11.3 Å². The van der Waals surface area contributed by atoms with Gasteiger partial charge < -0.3 is 0 Å². The highest BCUT2D eigenvalue weighted by molar-refractivity contribution is 8.01. The standard InChI is InChI=1S/C9H9N7OS3/c1-2-6-12-13-7(19-6)11-5(17)3-18-9-15-16-4-10-14-8(16)20-9/h4H,2-3H2,1H3,(H,11,13,17). The summed E-state index contributed by atoms with van der Waals surface area (Å²) in [6.07, 6.45) is 2.35. The second-order valence-electron chi connectivity index (χ2n) is 3.62. The number of nitrogens with zero attached hydrogens (tertiary/aromatic N) is 6. The molecule has 1 amide bonds. The van der Waals surface area contributed by atoms with Gasteiger partial charge in [-0.05, 0) is 6.42 Å². The largest absolute Gasteiger partial charge is 0.300 e. The lowest BCUT2D eigenvalue weighted by Gasteiger charge is -1.98. The van der Waals surface area contributed by atoms with Gasteiger partial charge in [0.1, 0.15) is 11.3 Å². The van der Waals surface area contributed by atoms with E-state index in [2.05, 4.69) is 30.8 Å². The number of rotatable bonds is 5. The molecule has 0 aromatic carbocycles. The van der Waals surface area contributed by atoms with E-state index in [1.165, 1.54) is 40.8 Å². The minimum Gasteiger partial charge on any atom is -0.300 e. The molecule has 0 fully saturated rings. The van der Waals surface area contributed by atoms with Gasteiger partial charge in [-0.1, -0.05) is 41.4 Å². The average molecular weight is 327 g/mol. The summed E-state index contributed by atoms with van der Waals surface area (Å²) in [5.41, 5.74) is 0. The van der Waals surface area contributed by atoms with E-state index in [0.29, 0.717) is 10.1 Å².